The molecule has 0 spiro atoms. The molecule has 0 unspecified atom stereocenters. The fourth-order valence-electron chi connectivity index (χ4n) is 1.48. The molecule has 2 aromatic carbocycles. The molecule has 0 saturated carbocycles. The summed E-state index contributed by atoms with van der Waals surface area (Å²) in [5.74, 6) is 0.640. The fraction of sp³-hybridized carbons (Fsp3) is 0.0714. The first-order chi connectivity index (χ1) is 8.69. The van der Waals surface area contributed by atoms with Gasteiger partial charge in [0.05, 0.1) is 11.3 Å². The van der Waals surface area contributed by atoms with Crippen LogP contribution in [0.15, 0.2) is 42.5 Å². The molecule has 0 bridgehead atoms. The van der Waals surface area contributed by atoms with Gasteiger partial charge in [0, 0.05) is 11.1 Å². The molecule has 0 aliphatic rings. The standard InChI is InChI=1S/C14H11ClN2O/c15-12-4-1-10(2-5-12)9-18-13-6-3-11(8-16)14(17)7-13/h1-7H,9,17H2. The van der Waals surface area contributed by atoms with E-state index in [0.717, 1.165) is 5.56 Å². The summed E-state index contributed by atoms with van der Waals surface area (Å²) in [6.07, 6.45) is 0. The predicted molar refractivity (Wildman–Crippen MR) is 71.4 cm³/mol. The molecule has 0 radical (unpaired) electrons. The van der Waals surface area contributed by atoms with E-state index in [9.17, 15) is 0 Å². The van der Waals surface area contributed by atoms with Crippen LogP contribution in [0.25, 0.3) is 0 Å². The van der Waals surface area contributed by atoms with Crippen molar-refractivity contribution in [3.63, 3.8) is 0 Å². The summed E-state index contributed by atoms with van der Waals surface area (Å²) in [5, 5.41) is 9.46. The van der Waals surface area contributed by atoms with Crippen LogP contribution in [-0.2, 0) is 6.61 Å². The second kappa shape index (κ2) is 5.44. The monoisotopic (exact) mass is 258 g/mol. The van der Waals surface area contributed by atoms with Crippen LogP contribution in [0.4, 0.5) is 5.69 Å². The Labute approximate surface area is 110 Å². The summed E-state index contributed by atoms with van der Waals surface area (Å²) in [6.45, 7) is 0.433. The van der Waals surface area contributed by atoms with E-state index >= 15 is 0 Å². The Hall–Kier alpha value is -2.18. The highest BCUT2D eigenvalue weighted by atomic mass is 35.5. The van der Waals surface area contributed by atoms with Gasteiger partial charge in [-0.1, -0.05) is 23.7 Å². The van der Waals surface area contributed by atoms with Gasteiger partial charge in [-0.05, 0) is 29.8 Å². The molecule has 3 nitrogen and oxygen atoms in total. The highest BCUT2D eigenvalue weighted by molar-refractivity contribution is 6.30. The highest BCUT2D eigenvalue weighted by Gasteiger charge is 2.01. The first kappa shape index (κ1) is 12.3. The van der Waals surface area contributed by atoms with E-state index in [-0.39, 0.29) is 0 Å². The SMILES string of the molecule is N#Cc1ccc(OCc2ccc(Cl)cc2)cc1N. The maximum atomic E-state index is 8.76. The molecular weight excluding hydrogens is 248 g/mol. The Morgan fingerprint density at radius 3 is 2.50 bits per heavy atom. The number of nitrogens with zero attached hydrogens (tertiary/aromatic N) is 1. The summed E-state index contributed by atoms with van der Waals surface area (Å²) in [5.41, 5.74) is 7.59. The number of ether oxygens (including phenoxy) is 1. The predicted octanol–water partition coefficient (Wildman–Crippen LogP) is 3.37. The molecule has 2 rings (SSSR count). The van der Waals surface area contributed by atoms with Crippen molar-refractivity contribution >= 4 is 17.3 Å². The van der Waals surface area contributed by atoms with Crippen molar-refractivity contribution in [1.29, 1.82) is 5.26 Å². The van der Waals surface area contributed by atoms with Gasteiger partial charge in [0.25, 0.3) is 0 Å². The Bertz CT molecular complexity index is 588. The van der Waals surface area contributed by atoms with E-state index in [4.69, 9.17) is 27.3 Å². The average Bonchev–Trinajstić information content (AvgIpc) is 2.38. The van der Waals surface area contributed by atoms with Crippen LogP contribution in [0, 0.1) is 11.3 Å². The molecule has 0 heterocycles. The van der Waals surface area contributed by atoms with Crippen LogP contribution in [-0.4, -0.2) is 0 Å². The topological polar surface area (TPSA) is 59.0 Å². The first-order valence-corrected chi connectivity index (χ1v) is 5.73. The smallest absolute Gasteiger partial charge is 0.121 e. The van der Waals surface area contributed by atoms with E-state index < -0.39 is 0 Å². The number of hydrogen-bond acceptors (Lipinski definition) is 3. The molecule has 0 atom stereocenters. The minimum absolute atomic E-state index is 0.422. The van der Waals surface area contributed by atoms with Crippen LogP contribution >= 0.6 is 11.6 Å². The van der Waals surface area contributed by atoms with Gasteiger partial charge in [0.2, 0.25) is 0 Å². The normalized spacial score (nSPS) is 9.78. The van der Waals surface area contributed by atoms with Crippen molar-refractivity contribution in [2.75, 3.05) is 5.73 Å². The fourth-order valence-corrected chi connectivity index (χ4v) is 1.61. The van der Waals surface area contributed by atoms with Gasteiger partial charge in [-0.3, -0.25) is 0 Å². The van der Waals surface area contributed by atoms with Crippen LogP contribution in [0.2, 0.25) is 5.02 Å². The lowest BCUT2D eigenvalue weighted by atomic mass is 10.2. The lowest BCUT2D eigenvalue weighted by Crippen LogP contribution is -1.97. The minimum Gasteiger partial charge on any atom is -0.489 e. The molecule has 2 aromatic rings. The molecule has 0 aliphatic heterocycles. The number of nitrogens with two attached hydrogens (primary N) is 1. The van der Waals surface area contributed by atoms with Gasteiger partial charge in [0.15, 0.2) is 0 Å². The van der Waals surface area contributed by atoms with Gasteiger partial charge in [-0.2, -0.15) is 5.26 Å². The van der Waals surface area contributed by atoms with E-state index in [0.29, 0.717) is 28.6 Å². The Morgan fingerprint density at radius 1 is 1.17 bits per heavy atom. The average molecular weight is 259 g/mol. The molecule has 0 fully saturated rings. The molecule has 0 aromatic heterocycles. The summed E-state index contributed by atoms with van der Waals surface area (Å²) >= 11 is 5.80. The van der Waals surface area contributed by atoms with Crippen molar-refractivity contribution in [2.24, 2.45) is 0 Å². The van der Waals surface area contributed by atoms with E-state index in [2.05, 4.69) is 0 Å². The molecule has 0 aliphatic carbocycles. The number of rotatable bonds is 3. The van der Waals surface area contributed by atoms with Gasteiger partial charge < -0.3 is 10.5 Å². The third-order valence-corrected chi connectivity index (χ3v) is 2.71. The second-order valence-electron chi connectivity index (χ2n) is 3.78. The van der Waals surface area contributed by atoms with Gasteiger partial charge in [-0.25, -0.2) is 0 Å². The number of anilines is 1. The van der Waals surface area contributed by atoms with Crippen LogP contribution in [0.1, 0.15) is 11.1 Å². The summed E-state index contributed by atoms with van der Waals surface area (Å²) in [7, 11) is 0. The lowest BCUT2D eigenvalue weighted by molar-refractivity contribution is 0.306. The van der Waals surface area contributed by atoms with Crippen molar-refractivity contribution in [3.05, 3.63) is 58.6 Å². The third kappa shape index (κ3) is 2.93. The maximum Gasteiger partial charge on any atom is 0.121 e. The quantitative estimate of drug-likeness (QED) is 0.859. The molecule has 0 amide bonds. The largest absolute Gasteiger partial charge is 0.489 e. The Morgan fingerprint density at radius 2 is 1.89 bits per heavy atom. The maximum absolute atomic E-state index is 8.76. The molecule has 0 saturated heterocycles. The zero-order valence-electron chi connectivity index (χ0n) is 9.56. The molecule has 90 valence electrons. The Kier molecular flexibility index (Phi) is 3.71. The van der Waals surface area contributed by atoms with Crippen LogP contribution in [0.3, 0.4) is 0 Å². The van der Waals surface area contributed by atoms with Crippen molar-refractivity contribution in [2.45, 2.75) is 6.61 Å². The molecular formula is C14H11ClN2O. The minimum atomic E-state index is 0.422. The van der Waals surface area contributed by atoms with E-state index in [1.807, 2.05) is 30.3 Å². The number of nitriles is 1. The first-order valence-electron chi connectivity index (χ1n) is 5.36. The van der Waals surface area contributed by atoms with Crippen molar-refractivity contribution in [3.8, 4) is 11.8 Å². The van der Waals surface area contributed by atoms with Crippen LogP contribution in [0.5, 0.6) is 5.75 Å². The Balaban J connectivity index is 2.04. The van der Waals surface area contributed by atoms with Crippen LogP contribution < -0.4 is 10.5 Å². The number of benzene rings is 2. The summed E-state index contributed by atoms with van der Waals surface area (Å²) in [6, 6.07) is 14.4. The van der Waals surface area contributed by atoms with Gasteiger partial charge in [0.1, 0.15) is 18.4 Å². The van der Waals surface area contributed by atoms with Crippen molar-refractivity contribution in [1.82, 2.24) is 0 Å². The molecule has 2 N–H and O–H groups in total. The lowest BCUT2D eigenvalue weighted by Gasteiger charge is -2.07. The van der Waals surface area contributed by atoms with E-state index in [1.165, 1.54) is 0 Å². The summed E-state index contributed by atoms with van der Waals surface area (Å²) in [4.78, 5) is 0. The third-order valence-electron chi connectivity index (χ3n) is 2.46. The molecule has 4 heteroatoms. The zero-order chi connectivity index (χ0) is 13.0. The highest BCUT2D eigenvalue weighted by Crippen LogP contribution is 2.20. The zero-order valence-corrected chi connectivity index (χ0v) is 10.3. The second-order valence-corrected chi connectivity index (χ2v) is 4.21. The van der Waals surface area contributed by atoms with Crippen molar-refractivity contribution < 1.29 is 4.74 Å². The van der Waals surface area contributed by atoms with E-state index in [1.54, 1.807) is 18.2 Å². The number of nitrogen functional groups attached to an aromatic ring is 1. The number of halogens is 1. The number of hydrogen-bond donors (Lipinski definition) is 1. The molecule has 18 heavy (non-hydrogen) atoms. The van der Waals surface area contributed by atoms with Gasteiger partial charge in [-0.15, -0.1) is 0 Å². The van der Waals surface area contributed by atoms with Gasteiger partial charge >= 0.3 is 0 Å². The summed E-state index contributed by atoms with van der Waals surface area (Å²) < 4.78 is 5.58.